The molecule has 0 atom stereocenters. The molecule has 2 aromatic carbocycles. The van der Waals surface area contributed by atoms with E-state index in [4.69, 9.17) is 22.1 Å². The Morgan fingerprint density at radius 1 is 1.25 bits per heavy atom. The van der Waals surface area contributed by atoms with E-state index in [0.717, 1.165) is 3.57 Å². The number of hydrogen-bond donors (Lipinski definition) is 2. The Kier molecular flexibility index (Phi) is 4.72. The minimum atomic E-state index is -0.457. The molecule has 20 heavy (non-hydrogen) atoms. The van der Waals surface area contributed by atoms with Crippen LogP contribution in [0.4, 0.5) is 17.1 Å². The molecule has 4 nitrogen and oxygen atoms in total. The Balaban J connectivity index is 2.40. The van der Waals surface area contributed by atoms with E-state index in [1.807, 2.05) is 18.2 Å². The van der Waals surface area contributed by atoms with Crippen molar-refractivity contribution in [3.8, 4) is 0 Å². The van der Waals surface area contributed by atoms with E-state index in [2.05, 4.69) is 27.9 Å². The molecule has 0 unspecified atom stereocenters. The summed E-state index contributed by atoms with van der Waals surface area (Å²) in [5.74, 6) is -0.457. The molecule has 0 aliphatic rings. The number of rotatable bonds is 3. The van der Waals surface area contributed by atoms with Crippen LogP contribution < -0.4 is 11.1 Å². The van der Waals surface area contributed by atoms with Gasteiger partial charge in [0.15, 0.2) is 0 Å². The van der Waals surface area contributed by atoms with Gasteiger partial charge in [0, 0.05) is 9.26 Å². The van der Waals surface area contributed by atoms with Crippen LogP contribution in [0.1, 0.15) is 10.4 Å². The number of nitrogens with one attached hydrogen (secondary N) is 1. The maximum Gasteiger partial charge on any atom is 0.340 e. The highest BCUT2D eigenvalue weighted by molar-refractivity contribution is 14.1. The van der Waals surface area contributed by atoms with Gasteiger partial charge in [0.25, 0.3) is 0 Å². The summed E-state index contributed by atoms with van der Waals surface area (Å²) in [4.78, 5) is 11.8. The van der Waals surface area contributed by atoms with Gasteiger partial charge in [-0.05, 0) is 59.0 Å². The second kappa shape index (κ2) is 6.32. The average Bonchev–Trinajstić information content (AvgIpc) is 2.42. The van der Waals surface area contributed by atoms with Gasteiger partial charge in [-0.25, -0.2) is 4.79 Å². The zero-order valence-electron chi connectivity index (χ0n) is 10.6. The number of nitrogen functional groups attached to an aromatic ring is 1. The molecule has 0 heterocycles. The van der Waals surface area contributed by atoms with Gasteiger partial charge in [0.2, 0.25) is 0 Å². The number of hydrogen-bond acceptors (Lipinski definition) is 4. The number of carbonyl (C=O) groups excluding carboxylic acids is 1. The van der Waals surface area contributed by atoms with Crippen molar-refractivity contribution in [2.75, 3.05) is 18.2 Å². The summed E-state index contributed by atoms with van der Waals surface area (Å²) in [5, 5.41) is 3.69. The summed E-state index contributed by atoms with van der Waals surface area (Å²) in [6.07, 6.45) is 0. The molecule has 6 heteroatoms. The van der Waals surface area contributed by atoms with Crippen molar-refractivity contribution < 1.29 is 9.53 Å². The molecular formula is C14H12ClIN2O2. The van der Waals surface area contributed by atoms with E-state index in [1.54, 1.807) is 18.2 Å². The first-order valence-corrected chi connectivity index (χ1v) is 7.17. The number of halogens is 2. The lowest BCUT2D eigenvalue weighted by Crippen LogP contribution is -2.06. The summed E-state index contributed by atoms with van der Waals surface area (Å²) in [6, 6.07) is 10.6. The average molecular weight is 403 g/mol. The van der Waals surface area contributed by atoms with E-state index in [1.165, 1.54) is 7.11 Å². The van der Waals surface area contributed by atoms with Gasteiger partial charge in [-0.1, -0.05) is 11.6 Å². The molecule has 0 fully saturated rings. The van der Waals surface area contributed by atoms with Crippen molar-refractivity contribution in [1.82, 2.24) is 0 Å². The number of methoxy groups -OCH3 is 1. The molecule has 2 aromatic rings. The third kappa shape index (κ3) is 3.34. The Morgan fingerprint density at radius 3 is 2.60 bits per heavy atom. The quantitative estimate of drug-likeness (QED) is 0.462. The van der Waals surface area contributed by atoms with Crippen molar-refractivity contribution in [2.45, 2.75) is 0 Å². The molecule has 0 radical (unpaired) electrons. The fourth-order valence-electron chi connectivity index (χ4n) is 1.69. The van der Waals surface area contributed by atoms with Crippen molar-refractivity contribution in [2.24, 2.45) is 0 Å². The number of benzene rings is 2. The smallest absolute Gasteiger partial charge is 0.340 e. The first kappa shape index (κ1) is 14.9. The Bertz CT molecular complexity index is 662. The monoisotopic (exact) mass is 402 g/mol. The van der Waals surface area contributed by atoms with E-state index in [9.17, 15) is 4.79 Å². The van der Waals surface area contributed by atoms with Crippen molar-refractivity contribution in [3.05, 3.63) is 50.6 Å². The van der Waals surface area contributed by atoms with Gasteiger partial charge in [0.1, 0.15) is 0 Å². The summed E-state index contributed by atoms with van der Waals surface area (Å²) in [5.41, 5.74) is 7.86. The first-order valence-electron chi connectivity index (χ1n) is 5.71. The molecule has 0 bridgehead atoms. The summed E-state index contributed by atoms with van der Waals surface area (Å²) < 4.78 is 5.78. The topological polar surface area (TPSA) is 64.3 Å². The van der Waals surface area contributed by atoms with Crippen LogP contribution in [0.3, 0.4) is 0 Å². The van der Waals surface area contributed by atoms with Crippen LogP contribution in [0.5, 0.6) is 0 Å². The van der Waals surface area contributed by atoms with Crippen LogP contribution >= 0.6 is 34.2 Å². The molecule has 104 valence electrons. The molecule has 0 aliphatic carbocycles. The summed E-state index contributed by atoms with van der Waals surface area (Å²) >= 11 is 8.35. The zero-order chi connectivity index (χ0) is 14.7. The lowest BCUT2D eigenvalue weighted by atomic mass is 10.1. The fraction of sp³-hybridized carbons (Fsp3) is 0.0714. The van der Waals surface area contributed by atoms with Crippen molar-refractivity contribution in [3.63, 3.8) is 0 Å². The van der Waals surface area contributed by atoms with Crippen LogP contribution in [-0.2, 0) is 4.74 Å². The maximum absolute atomic E-state index is 11.8. The fourth-order valence-corrected chi connectivity index (χ4v) is 2.59. The Morgan fingerprint density at radius 2 is 1.95 bits per heavy atom. The van der Waals surface area contributed by atoms with Gasteiger partial charge >= 0.3 is 5.97 Å². The van der Waals surface area contributed by atoms with Gasteiger partial charge in [-0.3, -0.25) is 0 Å². The van der Waals surface area contributed by atoms with E-state index >= 15 is 0 Å². The molecule has 0 amide bonds. The van der Waals surface area contributed by atoms with Gasteiger partial charge in [-0.2, -0.15) is 0 Å². The number of esters is 1. The SMILES string of the molecule is COC(=O)c1cc(N)ccc1Nc1ccc(I)cc1Cl. The molecule has 0 saturated carbocycles. The number of nitrogens with two attached hydrogens (primary N) is 1. The van der Waals surface area contributed by atoms with Crippen LogP contribution in [0.2, 0.25) is 5.02 Å². The molecule has 2 rings (SSSR count). The van der Waals surface area contributed by atoms with E-state index < -0.39 is 5.97 Å². The Hall–Kier alpha value is -1.47. The van der Waals surface area contributed by atoms with Crippen molar-refractivity contribution >= 4 is 57.2 Å². The predicted molar refractivity (Wildman–Crippen MR) is 89.6 cm³/mol. The summed E-state index contributed by atoms with van der Waals surface area (Å²) in [6.45, 7) is 0. The molecule has 0 aliphatic heterocycles. The third-order valence-electron chi connectivity index (χ3n) is 2.65. The Labute approximate surface area is 135 Å². The third-order valence-corrected chi connectivity index (χ3v) is 3.63. The highest BCUT2D eigenvalue weighted by Crippen LogP contribution is 2.29. The second-order valence-electron chi connectivity index (χ2n) is 4.05. The number of anilines is 3. The van der Waals surface area contributed by atoms with Gasteiger partial charge in [0.05, 0.1) is 29.1 Å². The zero-order valence-corrected chi connectivity index (χ0v) is 13.5. The minimum Gasteiger partial charge on any atom is -0.465 e. The van der Waals surface area contributed by atoms with E-state index in [0.29, 0.717) is 27.6 Å². The van der Waals surface area contributed by atoms with Crippen LogP contribution in [-0.4, -0.2) is 13.1 Å². The highest BCUT2D eigenvalue weighted by Gasteiger charge is 2.13. The lowest BCUT2D eigenvalue weighted by Gasteiger charge is -2.13. The maximum atomic E-state index is 11.8. The lowest BCUT2D eigenvalue weighted by molar-refractivity contribution is 0.0602. The van der Waals surface area contributed by atoms with Crippen LogP contribution in [0, 0.1) is 3.57 Å². The minimum absolute atomic E-state index is 0.363. The normalized spacial score (nSPS) is 10.2. The number of ether oxygens (including phenoxy) is 1. The van der Waals surface area contributed by atoms with E-state index in [-0.39, 0.29) is 0 Å². The van der Waals surface area contributed by atoms with Crippen LogP contribution in [0.25, 0.3) is 0 Å². The molecular weight excluding hydrogens is 391 g/mol. The largest absolute Gasteiger partial charge is 0.465 e. The molecule has 3 N–H and O–H groups in total. The first-order chi connectivity index (χ1) is 9.51. The standard InChI is InChI=1S/C14H12ClIN2O2/c1-20-14(19)10-7-9(17)3-5-12(10)18-13-4-2-8(16)6-11(13)15/h2-7,18H,17H2,1H3. The molecule has 0 spiro atoms. The second-order valence-corrected chi connectivity index (χ2v) is 5.70. The van der Waals surface area contributed by atoms with Gasteiger partial charge < -0.3 is 15.8 Å². The van der Waals surface area contributed by atoms with Crippen molar-refractivity contribution in [1.29, 1.82) is 0 Å². The van der Waals surface area contributed by atoms with Crippen LogP contribution in [0.15, 0.2) is 36.4 Å². The molecule has 0 aromatic heterocycles. The highest BCUT2D eigenvalue weighted by atomic mass is 127. The summed E-state index contributed by atoms with van der Waals surface area (Å²) in [7, 11) is 1.33. The molecule has 0 saturated heterocycles. The number of carbonyl (C=O) groups is 1. The van der Waals surface area contributed by atoms with Gasteiger partial charge in [-0.15, -0.1) is 0 Å². The predicted octanol–water partition coefficient (Wildman–Crippen LogP) is 4.06.